The molecule has 0 saturated heterocycles. The van der Waals surface area contributed by atoms with E-state index in [1.54, 1.807) is 42.6 Å². The molecular formula is C56H40IrN6Pt-2. The summed E-state index contributed by atoms with van der Waals surface area (Å²) in [6.45, 7) is 13.4. The molecule has 0 unspecified atom stereocenters. The van der Waals surface area contributed by atoms with Crippen molar-refractivity contribution < 1.29 is 41.2 Å². The number of aryl methyl sites for hydroxylation is 1. The Morgan fingerprint density at radius 1 is 0.531 bits per heavy atom. The summed E-state index contributed by atoms with van der Waals surface area (Å²) in [5.41, 5.74) is 13.0. The van der Waals surface area contributed by atoms with E-state index in [0.717, 1.165) is 62.1 Å². The number of aromatic nitrogens is 4. The molecule has 0 saturated carbocycles. The van der Waals surface area contributed by atoms with Crippen LogP contribution in [0.2, 0.25) is 0 Å². The van der Waals surface area contributed by atoms with Crippen LogP contribution in [0.5, 0.6) is 0 Å². The number of benzene rings is 5. The van der Waals surface area contributed by atoms with Crippen LogP contribution in [-0.4, -0.2) is 19.9 Å². The average Bonchev–Trinajstić information content (AvgIpc) is 3.35. The van der Waals surface area contributed by atoms with Crippen molar-refractivity contribution in [3.63, 3.8) is 0 Å². The molecule has 9 aromatic rings. The molecule has 0 aliphatic rings. The largest absolute Gasteiger partial charge is 2.00 e. The molecule has 8 heteroatoms. The van der Waals surface area contributed by atoms with Gasteiger partial charge in [-0.25, -0.2) is 0 Å². The van der Waals surface area contributed by atoms with Gasteiger partial charge in [0.25, 0.3) is 0 Å². The second kappa shape index (κ2) is 23.5. The summed E-state index contributed by atoms with van der Waals surface area (Å²) < 4.78 is 0. The molecule has 64 heavy (non-hydrogen) atoms. The normalized spacial score (nSPS) is 10.1. The van der Waals surface area contributed by atoms with Gasteiger partial charge in [-0.3, -0.25) is 4.85 Å². The van der Waals surface area contributed by atoms with E-state index in [0.29, 0.717) is 11.3 Å². The van der Waals surface area contributed by atoms with Crippen LogP contribution in [0.15, 0.2) is 188 Å². The summed E-state index contributed by atoms with van der Waals surface area (Å²) in [6, 6.07) is 73.4. The van der Waals surface area contributed by atoms with Crippen molar-refractivity contribution in [2.24, 2.45) is 0 Å². The van der Waals surface area contributed by atoms with Crippen LogP contribution < -0.4 is 0 Å². The molecule has 0 bridgehead atoms. The first-order valence-corrected chi connectivity index (χ1v) is 20.0. The first kappa shape index (κ1) is 48.1. The Balaban J connectivity index is 0.000000197. The second-order valence-electron chi connectivity index (χ2n) is 14.6. The minimum atomic E-state index is -0.462. The van der Waals surface area contributed by atoms with Crippen molar-refractivity contribution in [2.45, 2.75) is 26.2 Å². The zero-order valence-electron chi connectivity index (χ0n) is 35.2. The third-order valence-corrected chi connectivity index (χ3v) is 9.90. The zero-order chi connectivity index (χ0) is 43.2. The molecule has 1 radical (unpaired) electrons. The third-order valence-electron chi connectivity index (χ3n) is 9.90. The topological polar surface area (TPSA) is 79.7 Å². The van der Waals surface area contributed by atoms with Gasteiger partial charge >= 0.3 is 21.1 Å². The van der Waals surface area contributed by atoms with E-state index in [2.05, 4.69) is 83.3 Å². The van der Waals surface area contributed by atoms with Crippen LogP contribution in [0.1, 0.15) is 36.5 Å². The predicted molar refractivity (Wildman–Crippen MR) is 247 cm³/mol. The van der Waals surface area contributed by atoms with Gasteiger partial charge in [0.15, 0.2) is 0 Å². The fraction of sp³-hybridized carbons (Fsp3) is 0.0714. The molecule has 0 amide bonds. The number of nitriles is 1. The summed E-state index contributed by atoms with van der Waals surface area (Å²) in [5.74, 6) is 0. The van der Waals surface area contributed by atoms with Crippen molar-refractivity contribution in [1.82, 2.24) is 19.9 Å². The number of pyridine rings is 4. The summed E-state index contributed by atoms with van der Waals surface area (Å²) in [5, 5.41) is 9.18. The van der Waals surface area contributed by atoms with Crippen LogP contribution in [0.4, 0.5) is 5.69 Å². The van der Waals surface area contributed by atoms with Gasteiger partial charge in [0.1, 0.15) is 5.69 Å². The molecule has 0 spiro atoms. The third kappa shape index (κ3) is 12.6. The molecule has 4 heterocycles. The summed E-state index contributed by atoms with van der Waals surface area (Å²) in [7, 11) is 0. The van der Waals surface area contributed by atoms with Gasteiger partial charge in [-0.15, -0.1) is 125 Å². The Bertz CT molecular complexity index is 2820. The molecule has 0 aliphatic carbocycles. The van der Waals surface area contributed by atoms with Crippen molar-refractivity contribution in [1.29, 1.82) is 5.26 Å². The van der Waals surface area contributed by atoms with Gasteiger partial charge in [0.2, 0.25) is 0 Å². The SMILES string of the molecule is Cc1cccc(-c2[c-]cccc2)n1.[C-]#[N+]c1cc[c-]c(-c2cccc(C(C)(C)c3cccc(-c4[c-]ccc(C#N)c4)n3)n2)c1.[Ir].[Pt+2].[c-]1ccc(-c2ccccc2)cc1-c1ccccn1. The maximum Gasteiger partial charge on any atom is 2.00 e. The van der Waals surface area contributed by atoms with Crippen molar-refractivity contribution in [2.75, 3.05) is 0 Å². The van der Waals surface area contributed by atoms with Crippen LogP contribution >= 0.6 is 0 Å². The van der Waals surface area contributed by atoms with Crippen molar-refractivity contribution in [3.8, 4) is 62.2 Å². The molecule has 315 valence electrons. The maximum atomic E-state index is 9.18. The fourth-order valence-electron chi connectivity index (χ4n) is 6.55. The molecule has 0 N–H and O–H groups in total. The van der Waals surface area contributed by atoms with Gasteiger partial charge in [0, 0.05) is 48.8 Å². The number of nitrogens with zero attached hydrogens (tertiary/aromatic N) is 6. The average molecular weight is 1180 g/mol. The van der Waals surface area contributed by atoms with E-state index in [1.807, 2.05) is 128 Å². The van der Waals surface area contributed by atoms with E-state index >= 15 is 0 Å². The van der Waals surface area contributed by atoms with E-state index < -0.39 is 5.41 Å². The smallest absolute Gasteiger partial charge is 0.305 e. The monoisotopic (exact) mass is 1180 g/mol. The van der Waals surface area contributed by atoms with Crippen LogP contribution in [-0.2, 0) is 46.6 Å². The maximum absolute atomic E-state index is 9.18. The molecule has 4 aromatic heterocycles. The Kier molecular flexibility index (Phi) is 17.6. The molecule has 0 atom stereocenters. The molecular weight excluding hydrogens is 1140 g/mol. The second-order valence-corrected chi connectivity index (χ2v) is 14.6. The minimum Gasteiger partial charge on any atom is -0.305 e. The first-order valence-electron chi connectivity index (χ1n) is 20.0. The molecule has 6 nitrogen and oxygen atoms in total. The van der Waals surface area contributed by atoms with E-state index in [4.69, 9.17) is 16.5 Å². The molecule has 0 fully saturated rings. The summed E-state index contributed by atoms with van der Waals surface area (Å²) >= 11 is 0. The van der Waals surface area contributed by atoms with E-state index in [-0.39, 0.29) is 41.2 Å². The Morgan fingerprint density at radius 3 is 1.70 bits per heavy atom. The van der Waals surface area contributed by atoms with Gasteiger partial charge in [0.05, 0.1) is 12.6 Å². The molecule has 9 rings (SSSR count). The van der Waals surface area contributed by atoms with Crippen LogP contribution in [0, 0.1) is 49.1 Å². The molecule has 5 aromatic carbocycles. The number of rotatable bonds is 7. The minimum absolute atomic E-state index is 0. The van der Waals surface area contributed by atoms with E-state index in [9.17, 15) is 5.26 Å². The Hall–Kier alpha value is -6.98. The van der Waals surface area contributed by atoms with Crippen molar-refractivity contribution >= 4 is 5.69 Å². The van der Waals surface area contributed by atoms with Gasteiger partial charge in [-0.2, -0.15) is 11.3 Å². The molecule has 0 aliphatic heterocycles. The fourth-order valence-corrected chi connectivity index (χ4v) is 6.55. The standard InChI is InChI=1S/C27H18N4.C17H12N.C12H10N.Ir.Pt/c1-27(2,25-14-6-12-23(30-25)20-9-4-8-19(16-20)18-28)26-15-7-13-24(31-26)21-10-5-11-22(17-21)29-3;1-2-7-14(8-3-1)15-9-6-10-16(13-15)17-11-4-5-12-18-17;1-10-6-5-9-12(13-10)11-7-3-2-4-8-11;;/h4-8,11-17H,1-2H3;1-9,11-13H;2-7,9H,1H3;;/q-2;2*-1;;+2. The first-order chi connectivity index (χ1) is 30.3. The van der Waals surface area contributed by atoms with E-state index in [1.165, 1.54) is 11.1 Å². The predicted octanol–water partition coefficient (Wildman–Crippen LogP) is 13.2. The zero-order valence-corrected chi connectivity index (χ0v) is 39.9. The number of hydrogen-bond donors (Lipinski definition) is 0. The van der Waals surface area contributed by atoms with Gasteiger partial charge in [-0.1, -0.05) is 78.9 Å². The quantitative estimate of drug-likeness (QED) is 0.149. The Morgan fingerprint density at radius 2 is 1.09 bits per heavy atom. The number of hydrogen-bond acceptors (Lipinski definition) is 5. The Labute approximate surface area is 404 Å². The van der Waals surface area contributed by atoms with Crippen LogP contribution in [0.3, 0.4) is 0 Å². The van der Waals surface area contributed by atoms with Crippen molar-refractivity contribution in [3.05, 3.63) is 247 Å². The summed E-state index contributed by atoms with van der Waals surface area (Å²) in [4.78, 5) is 22.0. The summed E-state index contributed by atoms with van der Waals surface area (Å²) in [6.07, 6.45) is 1.80. The van der Waals surface area contributed by atoms with Gasteiger partial charge < -0.3 is 19.9 Å². The van der Waals surface area contributed by atoms with Gasteiger partial charge in [-0.05, 0) is 78.9 Å². The van der Waals surface area contributed by atoms with Crippen LogP contribution in [0.25, 0.3) is 61.0 Å².